The second-order valence-corrected chi connectivity index (χ2v) is 8.97. The predicted molar refractivity (Wildman–Crippen MR) is 114 cm³/mol. The van der Waals surface area contributed by atoms with Gasteiger partial charge in [0, 0.05) is 22.8 Å². The number of aryl methyl sites for hydroxylation is 2. The number of nitrogens with one attached hydrogen (secondary N) is 1. The average molecular weight is 410 g/mol. The van der Waals surface area contributed by atoms with Crippen molar-refractivity contribution in [2.45, 2.75) is 32.1 Å². The first-order chi connectivity index (χ1) is 14.0. The minimum absolute atomic E-state index is 0.151. The number of esters is 1. The van der Waals surface area contributed by atoms with Crippen molar-refractivity contribution in [3.05, 3.63) is 62.3 Å². The second kappa shape index (κ2) is 8.51. The fourth-order valence-electron chi connectivity index (χ4n) is 4.20. The summed E-state index contributed by atoms with van der Waals surface area (Å²) in [5.74, 6) is -1.33. The van der Waals surface area contributed by atoms with Crippen LogP contribution in [0.5, 0.6) is 0 Å². The number of hydrogen-bond acceptors (Lipinski definition) is 5. The Bertz CT molecular complexity index is 966. The lowest BCUT2D eigenvalue weighted by Gasteiger charge is -2.27. The molecule has 6 heteroatoms. The molecular formula is C23H25N2O3S. The molecule has 2 heterocycles. The van der Waals surface area contributed by atoms with Gasteiger partial charge in [-0.05, 0) is 61.1 Å². The first-order valence-corrected chi connectivity index (χ1v) is 10.8. The quantitative estimate of drug-likeness (QED) is 0.727. The van der Waals surface area contributed by atoms with E-state index in [0.29, 0.717) is 0 Å². The first kappa shape index (κ1) is 19.9. The van der Waals surface area contributed by atoms with Gasteiger partial charge in [0.05, 0.1) is 6.42 Å². The van der Waals surface area contributed by atoms with Crippen LogP contribution in [-0.2, 0) is 33.6 Å². The lowest BCUT2D eigenvalue weighted by Crippen LogP contribution is -2.27. The van der Waals surface area contributed by atoms with Crippen molar-refractivity contribution >= 4 is 28.8 Å². The van der Waals surface area contributed by atoms with Gasteiger partial charge in [0.25, 0.3) is 5.91 Å². The highest BCUT2D eigenvalue weighted by Crippen LogP contribution is 2.41. The number of thiophene rings is 1. The summed E-state index contributed by atoms with van der Waals surface area (Å²) in [6, 6.07) is 10.8. The number of carbonyl (C=O) groups excluding carboxylic acids is 2. The van der Waals surface area contributed by atoms with Gasteiger partial charge in [0.2, 0.25) is 0 Å². The van der Waals surface area contributed by atoms with Crippen LogP contribution in [0.25, 0.3) is 5.57 Å². The van der Waals surface area contributed by atoms with E-state index in [0.717, 1.165) is 43.6 Å². The van der Waals surface area contributed by atoms with Gasteiger partial charge in [-0.15, -0.1) is 11.3 Å². The number of nitrogens with zero attached hydrogens (tertiary/aromatic N) is 1. The van der Waals surface area contributed by atoms with Gasteiger partial charge in [0.15, 0.2) is 6.61 Å². The third-order valence-corrected chi connectivity index (χ3v) is 6.86. The first-order valence-electron chi connectivity index (χ1n) is 10.0. The third kappa shape index (κ3) is 4.43. The number of benzene rings is 1. The van der Waals surface area contributed by atoms with Crippen LogP contribution >= 0.6 is 11.3 Å². The minimum Gasteiger partial charge on any atom is -0.455 e. The van der Waals surface area contributed by atoms with Crippen LogP contribution in [0.3, 0.4) is 0 Å². The molecule has 1 aliphatic heterocycles. The molecule has 1 aliphatic carbocycles. The lowest BCUT2D eigenvalue weighted by atomic mass is 9.87. The Morgan fingerprint density at radius 3 is 2.62 bits per heavy atom. The Labute approximate surface area is 175 Å². The Morgan fingerprint density at radius 2 is 1.86 bits per heavy atom. The molecule has 1 fully saturated rings. The van der Waals surface area contributed by atoms with Crippen molar-refractivity contribution in [1.29, 1.82) is 0 Å². The van der Waals surface area contributed by atoms with Crippen LogP contribution in [0.2, 0.25) is 0 Å². The van der Waals surface area contributed by atoms with Gasteiger partial charge in [-0.1, -0.05) is 29.8 Å². The van der Waals surface area contributed by atoms with Crippen molar-refractivity contribution in [1.82, 2.24) is 10.6 Å². The smallest absolute Gasteiger partial charge is 0.311 e. The van der Waals surface area contributed by atoms with Crippen LogP contribution in [0, 0.1) is 0 Å². The molecule has 1 saturated heterocycles. The standard InChI is InChI=1S/C23H25N2O3S/c1-25-10-8-16(9-11-25)23-18-5-3-2-4-15(18)6-7-20-19(23)12-17(29-20)13-22(27)28-14-21(24)26/h2-5,12,24H,6-11,13-14H2,1H3. The third-order valence-electron chi connectivity index (χ3n) is 5.66. The maximum absolute atomic E-state index is 12.0. The topological polar surface area (TPSA) is 70.4 Å². The molecule has 0 spiro atoms. The summed E-state index contributed by atoms with van der Waals surface area (Å²) in [4.78, 5) is 27.4. The van der Waals surface area contributed by atoms with Crippen molar-refractivity contribution < 1.29 is 14.3 Å². The zero-order valence-electron chi connectivity index (χ0n) is 16.6. The molecule has 4 rings (SSSR count). The summed E-state index contributed by atoms with van der Waals surface area (Å²) in [6.07, 6.45) is 4.25. The van der Waals surface area contributed by atoms with Crippen molar-refractivity contribution in [2.24, 2.45) is 0 Å². The second-order valence-electron chi connectivity index (χ2n) is 7.75. The summed E-state index contributed by atoms with van der Waals surface area (Å²) in [5.41, 5.74) is 13.7. The zero-order valence-corrected chi connectivity index (χ0v) is 17.4. The molecule has 0 saturated carbocycles. The van der Waals surface area contributed by atoms with Gasteiger partial charge in [-0.3, -0.25) is 15.3 Å². The fraction of sp³-hybridized carbons (Fsp3) is 0.391. The maximum atomic E-state index is 12.0. The van der Waals surface area contributed by atoms with E-state index in [1.54, 1.807) is 11.3 Å². The molecule has 151 valence electrons. The van der Waals surface area contributed by atoms with E-state index in [1.807, 2.05) is 0 Å². The highest BCUT2D eigenvalue weighted by atomic mass is 32.1. The molecule has 2 aromatic rings. The van der Waals surface area contributed by atoms with Gasteiger partial charge < -0.3 is 9.64 Å². The Morgan fingerprint density at radius 1 is 1.10 bits per heavy atom. The van der Waals surface area contributed by atoms with Crippen LogP contribution < -0.4 is 5.73 Å². The van der Waals surface area contributed by atoms with Crippen molar-refractivity contribution in [3.63, 3.8) is 0 Å². The van der Waals surface area contributed by atoms with E-state index in [9.17, 15) is 9.59 Å². The largest absolute Gasteiger partial charge is 0.455 e. The van der Waals surface area contributed by atoms with Crippen LogP contribution in [-0.4, -0.2) is 43.5 Å². The molecule has 0 unspecified atom stereocenters. The van der Waals surface area contributed by atoms with E-state index in [2.05, 4.69) is 42.3 Å². The van der Waals surface area contributed by atoms with E-state index >= 15 is 0 Å². The van der Waals surface area contributed by atoms with Crippen molar-refractivity contribution in [3.8, 4) is 0 Å². The molecule has 29 heavy (non-hydrogen) atoms. The Hall–Kier alpha value is -2.44. The summed E-state index contributed by atoms with van der Waals surface area (Å²) in [7, 11) is 2.17. The number of rotatable bonds is 4. The zero-order chi connectivity index (χ0) is 20.4. The Kier molecular flexibility index (Phi) is 5.83. The highest BCUT2D eigenvalue weighted by Gasteiger charge is 2.25. The summed E-state index contributed by atoms with van der Waals surface area (Å²) < 4.78 is 4.89. The summed E-state index contributed by atoms with van der Waals surface area (Å²) >= 11 is 1.67. The summed E-state index contributed by atoms with van der Waals surface area (Å²) in [6.45, 7) is 1.67. The number of piperidine rings is 1. The van der Waals surface area contributed by atoms with Crippen LogP contribution in [0.15, 0.2) is 35.9 Å². The van der Waals surface area contributed by atoms with Gasteiger partial charge in [0.1, 0.15) is 0 Å². The maximum Gasteiger partial charge on any atom is 0.311 e. The molecule has 1 N–H and O–H groups in total. The number of likely N-dealkylation sites (tertiary alicyclic amines) is 1. The summed E-state index contributed by atoms with van der Waals surface area (Å²) in [5, 5.41) is 0. The number of ether oxygens (including phenoxy) is 1. The van der Waals surface area contributed by atoms with E-state index in [1.165, 1.54) is 32.7 Å². The molecule has 5 nitrogen and oxygen atoms in total. The highest BCUT2D eigenvalue weighted by molar-refractivity contribution is 7.12. The van der Waals surface area contributed by atoms with Gasteiger partial charge in [-0.25, -0.2) is 0 Å². The number of amides is 1. The average Bonchev–Trinajstić information content (AvgIpc) is 3.02. The van der Waals surface area contributed by atoms with Gasteiger partial charge >= 0.3 is 5.97 Å². The molecule has 2 aliphatic rings. The molecule has 1 amide bonds. The molecule has 0 atom stereocenters. The Balaban J connectivity index is 1.70. The molecule has 1 aromatic carbocycles. The van der Waals surface area contributed by atoms with Crippen LogP contribution in [0.4, 0.5) is 0 Å². The van der Waals surface area contributed by atoms with Crippen molar-refractivity contribution in [2.75, 3.05) is 26.7 Å². The normalized spacial score (nSPS) is 16.7. The van der Waals surface area contributed by atoms with Gasteiger partial charge in [-0.2, -0.15) is 0 Å². The van der Waals surface area contributed by atoms with E-state index < -0.39 is 18.5 Å². The number of hydrogen-bond donors (Lipinski definition) is 0. The SMILES string of the molecule is CN1CCC(=C2c3ccccc3CCc3sc(CC(=O)OCC([NH])=O)cc32)CC1. The minimum atomic E-state index is -0.883. The van der Waals surface area contributed by atoms with Crippen LogP contribution in [0.1, 0.15) is 39.3 Å². The molecule has 1 aromatic heterocycles. The fourth-order valence-corrected chi connectivity index (χ4v) is 5.36. The molecular weight excluding hydrogens is 384 g/mol. The molecule has 0 bridgehead atoms. The van der Waals surface area contributed by atoms with E-state index in [-0.39, 0.29) is 6.42 Å². The number of carbonyl (C=O) groups is 2. The predicted octanol–water partition coefficient (Wildman–Crippen LogP) is 3.27. The monoisotopic (exact) mass is 409 g/mol. The van der Waals surface area contributed by atoms with E-state index in [4.69, 9.17) is 10.5 Å². The molecule has 1 radical (unpaired) electrons. The lowest BCUT2D eigenvalue weighted by molar-refractivity contribution is -0.147. The number of fused-ring (bicyclic) bond motifs is 2.